The molecule has 0 aliphatic carbocycles. The molecular formula is C39H40IOP2-. The first-order valence-electron chi connectivity index (χ1n) is 15.0. The van der Waals surface area contributed by atoms with E-state index in [9.17, 15) is 0 Å². The molecule has 1 nitrogen and oxygen atoms in total. The Morgan fingerprint density at radius 3 is 1.42 bits per heavy atom. The molecule has 2 atom stereocenters. The number of rotatable bonds is 10. The fraction of sp³-hybridized carbons (Fsp3) is 0.231. The van der Waals surface area contributed by atoms with Gasteiger partial charge < -0.3 is 0 Å². The molecular weight excluding hydrogens is 673 g/mol. The van der Waals surface area contributed by atoms with Gasteiger partial charge >= 0.3 is 272 Å². The van der Waals surface area contributed by atoms with Gasteiger partial charge in [-0.25, -0.2) is 0 Å². The van der Waals surface area contributed by atoms with E-state index >= 15 is 0 Å². The zero-order valence-corrected chi connectivity index (χ0v) is 29.3. The summed E-state index contributed by atoms with van der Waals surface area (Å²) in [7, 11) is -1.25. The van der Waals surface area contributed by atoms with Gasteiger partial charge in [-0.05, 0) is 0 Å². The average Bonchev–Trinajstić information content (AvgIpc) is 3.46. The van der Waals surface area contributed by atoms with E-state index in [4.69, 9.17) is 4.74 Å². The molecule has 0 saturated heterocycles. The van der Waals surface area contributed by atoms with Gasteiger partial charge in [-0.2, -0.15) is 0 Å². The van der Waals surface area contributed by atoms with Crippen LogP contribution >= 0.6 is 15.8 Å². The van der Waals surface area contributed by atoms with Crippen LogP contribution < -0.4 is 42.4 Å². The van der Waals surface area contributed by atoms with Crippen LogP contribution in [0.5, 0.6) is 0 Å². The molecule has 43 heavy (non-hydrogen) atoms. The number of halogens is 1. The molecule has 5 aromatic carbocycles. The first kappa shape index (κ1) is 30.7. The summed E-state index contributed by atoms with van der Waals surface area (Å²) in [6.07, 6.45) is 0.0964. The monoisotopic (exact) mass is 713 g/mol. The van der Waals surface area contributed by atoms with Crippen molar-refractivity contribution in [3.63, 3.8) is 0 Å². The zero-order valence-electron chi connectivity index (χ0n) is 25.4. The van der Waals surface area contributed by atoms with Crippen molar-refractivity contribution in [3.05, 3.63) is 157 Å². The summed E-state index contributed by atoms with van der Waals surface area (Å²) in [6.45, 7) is 10.9. The standard InChI is InChI=1S/C39H40IOP2/c1-38(2,42(31-20-9-5-10-21-31)32-22-11-6-12-23-32)37(36-35-28-18-17-19-30(35)29-41-36)40-39(3,4)43(33-24-13-7-14-25-33)34-26-15-8-16-27-34/h5-28,36-37H,29H2,1-4H3/q-1/t36?,37-/m1/s1. The number of benzene rings is 5. The third-order valence-corrected chi connectivity index (χ3v) is 21.0. The second-order valence-corrected chi connectivity index (χ2v) is 23.2. The Kier molecular flexibility index (Phi) is 9.51. The molecule has 0 bridgehead atoms. The van der Waals surface area contributed by atoms with E-state index in [0.29, 0.717) is 10.5 Å². The van der Waals surface area contributed by atoms with Crippen molar-refractivity contribution >= 4 is 37.1 Å². The van der Waals surface area contributed by atoms with Crippen molar-refractivity contribution in [1.29, 1.82) is 0 Å². The van der Waals surface area contributed by atoms with Crippen LogP contribution in [0, 0.1) is 0 Å². The van der Waals surface area contributed by atoms with Crippen LogP contribution in [0.25, 0.3) is 0 Å². The van der Waals surface area contributed by atoms with Crippen LogP contribution in [0.1, 0.15) is 44.9 Å². The number of fused-ring (bicyclic) bond motifs is 1. The van der Waals surface area contributed by atoms with Crippen LogP contribution in [0.2, 0.25) is 0 Å². The fourth-order valence-electron chi connectivity index (χ4n) is 6.36. The molecule has 0 N–H and O–H groups in total. The molecule has 0 fully saturated rings. The van der Waals surface area contributed by atoms with E-state index < -0.39 is 37.0 Å². The van der Waals surface area contributed by atoms with Gasteiger partial charge in [0.1, 0.15) is 0 Å². The Labute approximate surface area is 270 Å². The van der Waals surface area contributed by atoms with Crippen LogP contribution in [0.3, 0.4) is 0 Å². The Morgan fingerprint density at radius 2 is 0.953 bits per heavy atom. The van der Waals surface area contributed by atoms with E-state index in [1.807, 2.05) is 0 Å². The van der Waals surface area contributed by atoms with Gasteiger partial charge in [-0.3, -0.25) is 0 Å². The Morgan fingerprint density at radius 1 is 0.558 bits per heavy atom. The second-order valence-electron chi connectivity index (χ2n) is 12.0. The van der Waals surface area contributed by atoms with Crippen molar-refractivity contribution in [2.45, 2.75) is 52.6 Å². The van der Waals surface area contributed by atoms with Crippen LogP contribution in [0.4, 0.5) is 0 Å². The quantitative estimate of drug-likeness (QED) is 0.106. The third kappa shape index (κ3) is 6.55. The van der Waals surface area contributed by atoms with Gasteiger partial charge in [0.2, 0.25) is 0 Å². The average molecular weight is 714 g/mol. The van der Waals surface area contributed by atoms with E-state index in [-0.39, 0.29) is 14.4 Å². The van der Waals surface area contributed by atoms with E-state index in [1.54, 1.807) is 0 Å². The molecule has 5 aromatic rings. The molecule has 0 radical (unpaired) electrons. The summed E-state index contributed by atoms with van der Waals surface area (Å²) in [5.41, 5.74) is 2.75. The van der Waals surface area contributed by atoms with Gasteiger partial charge in [0.15, 0.2) is 0 Å². The maximum absolute atomic E-state index is 6.88. The molecule has 0 saturated carbocycles. The van der Waals surface area contributed by atoms with Gasteiger partial charge in [-0.1, -0.05) is 0 Å². The Hall–Kier alpha value is -2.35. The first-order chi connectivity index (χ1) is 20.9. The molecule has 0 spiro atoms. The molecule has 220 valence electrons. The molecule has 1 unspecified atom stereocenters. The number of hydrogen-bond acceptors (Lipinski definition) is 1. The fourth-order valence-corrected chi connectivity index (χ4v) is 19.6. The molecule has 0 amide bonds. The number of hydrogen-bond donors (Lipinski definition) is 0. The molecule has 6 rings (SSSR count). The summed E-state index contributed by atoms with van der Waals surface area (Å²) in [5.74, 6) is 0. The summed E-state index contributed by atoms with van der Waals surface area (Å²) < 4.78 is 7.39. The first-order valence-corrected chi connectivity index (χ1v) is 20.0. The predicted molar refractivity (Wildman–Crippen MR) is 184 cm³/mol. The molecule has 1 aliphatic heterocycles. The van der Waals surface area contributed by atoms with E-state index in [1.165, 1.54) is 32.3 Å². The van der Waals surface area contributed by atoms with Gasteiger partial charge in [-0.15, -0.1) is 0 Å². The second kappa shape index (κ2) is 13.3. The minimum atomic E-state index is -0.665. The van der Waals surface area contributed by atoms with Crippen molar-refractivity contribution in [1.82, 2.24) is 0 Å². The van der Waals surface area contributed by atoms with Gasteiger partial charge in [0.25, 0.3) is 0 Å². The number of ether oxygens (including phenoxy) is 1. The normalized spacial score (nSPS) is 16.0. The predicted octanol–water partition coefficient (Wildman–Crippen LogP) is 5.50. The SMILES string of the molecule is CC(C)([I-][C@H](C1OCc2ccccc21)C(C)(C)P(c1ccccc1)c1ccccc1)P(c1ccccc1)c1ccccc1. The summed E-state index contributed by atoms with van der Waals surface area (Å²) in [4.78, 5) is 0. The van der Waals surface area contributed by atoms with Crippen LogP contribution in [0.15, 0.2) is 146 Å². The van der Waals surface area contributed by atoms with E-state index in [0.717, 1.165) is 0 Å². The zero-order chi connectivity index (χ0) is 29.9. The minimum absolute atomic E-state index is 0.0148. The van der Waals surface area contributed by atoms with Crippen molar-refractivity contribution in [2.24, 2.45) is 0 Å². The summed E-state index contributed by atoms with van der Waals surface area (Å²) >= 11 is -0.406. The third-order valence-electron chi connectivity index (χ3n) is 8.27. The molecule has 0 aromatic heterocycles. The van der Waals surface area contributed by atoms with Crippen LogP contribution in [-0.4, -0.2) is 12.2 Å². The molecule has 1 aliphatic rings. The van der Waals surface area contributed by atoms with Crippen molar-refractivity contribution in [2.75, 3.05) is 0 Å². The number of alkyl halides is 2. The van der Waals surface area contributed by atoms with Gasteiger partial charge in [0.05, 0.1) is 0 Å². The molecule has 4 heteroatoms. The molecule has 1 heterocycles. The van der Waals surface area contributed by atoms with Gasteiger partial charge in [0, 0.05) is 0 Å². The van der Waals surface area contributed by atoms with Crippen molar-refractivity contribution in [3.8, 4) is 0 Å². The van der Waals surface area contributed by atoms with Crippen molar-refractivity contribution < 1.29 is 25.9 Å². The topological polar surface area (TPSA) is 9.23 Å². The summed E-state index contributed by atoms with van der Waals surface area (Å²) in [6, 6.07) is 54.1. The van der Waals surface area contributed by atoms with E-state index in [2.05, 4.69) is 173 Å². The Bertz CT molecular complexity index is 1530. The van der Waals surface area contributed by atoms with Crippen LogP contribution in [-0.2, 0) is 11.3 Å². The maximum atomic E-state index is 6.88. The Balaban J connectivity index is 1.50. The summed E-state index contributed by atoms with van der Waals surface area (Å²) in [5, 5.41) is 5.80.